The molecule has 0 unspecified atom stereocenters. The average Bonchev–Trinajstić information content (AvgIpc) is 2.58. The Balaban J connectivity index is 2.21. The van der Waals surface area contributed by atoms with Crippen LogP contribution in [0.15, 0.2) is 28.9 Å². The van der Waals surface area contributed by atoms with Crippen molar-refractivity contribution < 1.29 is 9.15 Å². The quantitative estimate of drug-likeness (QED) is 0.595. The third-order valence-corrected chi connectivity index (χ3v) is 2.21. The highest BCUT2D eigenvalue weighted by Gasteiger charge is 2.22. The third-order valence-electron chi connectivity index (χ3n) is 2.21. The van der Waals surface area contributed by atoms with Crippen molar-refractivity contribution in [1.29, 1.82) is 0 Å². The molecule has 2 heteroatoms. The molecule has 64 valence electrons. The Labute approximate surface area is 71.8 Å². The van der Waals surface area contributed by atoms with E-state index in [0.717, 1.165) is 17.7 Å². The lowest BCUT2D eigenvalue weighted by molar-refractivity contribution is 0.113. The van der Waals surface area contributed by atoms with Crippen LogP contribution in [0.2, 0.25) is 0 Å². The van der Waals surface area contributed by atoms with E-state index in [9.17, 15) is 0 Å². The van der Waals surface area contributed by atoms with Crippen LogP contribution in [-0.2, 0) is 4.74 Å². The number of ether oxygens (including phenoxy) is 1. The maximum Gasteiger partial charge on any atom is 0.106 e. The molecule has 2 rings (SSSR count). The van der Waals surface area contributed by atoms with E-state index in [-0.39, 0.29) is 6.10 Å². The highest BCUT2D eigenvalue weighted by Crippen LogP contribution is 2.33. The number of hydrogen-bond acceptors (Lipinski definition) is 2. The first-order chi connectivity index (χ1) is 5.77. The predicted octanol–water partition coefficient (Wildman–Crippen LogP) is 2.61. The van der Waals surface area contributed by atoms with E-state index in [1.165, 1.54) is 5.57 Å². The number of hydrogen-bond donors (Lipinski definition) is 0. The van der Waals surface area contributed by atoms with Gasteiger partial charge in [0, 0.05) is 12.0 Å². The molecule has 1 aliphatic heterocycles. The van der Waals surface area contributed by atoms with Gasteiger partial charge in [0.05, 0.1) is 19.0 Å². The lowest BCUT2D eigenvalue weighted by Crippen LogP contribution is -1.94. The van der Waals surface area contributed by atoms with Crippen LogP contribution >= 0.6 is 0 Å². The van der Waals surface area contributed by atoms with Gasteiger partial charge in [-0.1, -0.05) is 6.58 Å². The minimum Gasteiger partial charge on any atom is -0.469 e. The molecule has 0 radical (unpaired) electrons. The van der Waals surface area contributed by atoms with Crippen molar-refractivity contribution in [2.75, 3.05) is 6.61 Å². The second-order valence-electron chi connectivity index (χ2n) is 3.19. The van der Waals surface area contributed by atoms with Crippen molar-refractivity contribution in [2.45, 2.75) is 19.4 Å². The molecule has 0 aromatic carbocycles. The average molecular weight is 164 g/mol. The Morgan fingerprint density at radius 3 is 2.92 bits per heavy atom. The first-order valence-electron chi connectivity index (χ1n) is 4.09. The minimum absolute atomic E-state index is 0.177. The summed E-state index contributed by atoms with van der Waals surface area (Å²) in [7, 11) is 0. The largest absolute Gasteiger partial charge is 0.469 e. The van der Waals surface area contributed by atoms with Crippen LogP contribution < -0.4 is 0 Å². The van der Waals surface area contributed by atoms with Crippen LogP contribution in [0.1, 0.15) is 23.8 Å². The SMILES string of the molecule is C=C1CO[C@@H](c2ccoc2C)C1. The van der Waals surface area contributed by atoms with Gasteiger partial charge in [-0.3, -0.25) is 0 Å². The summed E-state index contributed by atoms with van der Waals surface area (Å²) >= 11 is 0. The lowest BCUT2D eigenvalue weighted by Gasteiger charge is -2.05. The van der Waals surface area contributed by atoms with Crippen molar-refractivity contribution in [1.82, 2.24) is 0 Å². The van der Waals surface area contributed by atoms with Crippen molar-refractivity contribution in [2.24, 2.45) is 0 Å². The molecular weight excluding hydrogens is 152 g/mol. The summed E-state index contributed by atoms with van der Waals surface area (Å²) in [6.45, 7) is 6.54. The molecular formula is C10H12O2. The molecule has 0 amide bonds. The first kappa shape index (κ1) is 7.62. The van der Waals surface area contributed by atoms with E-state index < -0.39 is 0 Å². The number of furan rings is 1. The molecule has 2 heterocycles. The molecule has 0 bridgehead atoms. The van der Waals surface area contributed by atoms with Gasteiger partial charge in [-0.25, -0.2) is 0 Å². The van der Waals surface area contributed by atoms with Gasteiger partial charge >= 0.3 is 0 Å². The molecule has 0 spiro atoms. The van der Waals surface area contributed by atoms with Gasteiger partial charge in [-0.15, -0.1) is 0 Å². The highest BCUT2D eigenvalue weighted by atomic mass is 16.5. The summed E-state index contributed by atoms with van der Waals surface area (Å²) in [6.07, 6.45) is 2.81. The Morgan fingerprint density at radius 2 is 2.42 bits per heavy atom. The van der Waals surface area contributed by atoms with Gasteiger partial charge in [-0.05, 0) is 18.6 Å². The molecule has 0 aliphatic carbocycles. The zero-order valence-electron chi connectivity index (χ0n) is 7.17. The smallest absolute Gasteiger partial charge is 0.106 e. The normalized spacial score (nSPS) is 23.4. The standard InChI is InChI=1S/C10H12O2/c1-7-5-10(12-6-7)9-3-4-11-8(9)2/h3-4,10H,1,5-6H2,2H3/t10-/m1/s1. The molecule has 1 atom stereocenters. The zero-order chi connectivity index (χ0) is 8.55. The van der Waals surface area contributed by atoms with E-state index in [0.29, 0.717) is 6.61 Å². The minimum atomic E-state index is 0.177. The Hall–Kier alpha value is -1.02. The van der Waals surface area contributed by atoms with Gasteiger partial charge < -0.3 is 9.15 Å². The van der Waals surface area contributed by atoms with E-state index in [1.807, 2.05) is 13.0 Å². The van der Waals surface area contributed by atoms with Gasteiger partial charge in [0.25, 0.3) is 0 Å². The van der Waals surface area contributed by atoms with Crippen LogP contribution in [0.5, 0.6) is 0 Å². The van der Waals surface area contributed by atoms with Crippen LogP contribution in [0.25, 0.3) is 0 Å². The number of rotatable bonds is 1. The fourth-order valence-electron chi connectivity index (χ4n) is 1.53. The maximum absolute atomic E-state index is 5.53. The maximum atomic E-state index is 5.53. The summed E-state index contributed by atoms with van der Waals surface area (Å²) in [6, 6.07) is 1.97. The van der Waals surface area contributed by atoms with Crippen LogP contribution in [-0.4, -0.2) is 6.61 Å². The summed E-state index contributed by atoms with van der Waals surface area (Å²) in [5.41, 5.74) is 2.33. The van der Waals surface area contributed by atoms with Crippen LogP contribution in [0, 0.1) is 6.92 Å². The molecule has 1 saturated heterocycles. The zero-order valence-corrected chi connectivity index (χ0v) is 7.17. The van der Waals surface area contributed by atoms with Crippen molar-refractivity contribution >= 4 is 0 Å². The number of aryl methyl sites for hydroxylation is 1. The molecule has 0 saturated carbocycles. The molecule has 12 heavy (non-hydrogen) atoms. The molecule has 1 aliphatic rings. The Kier molecular flexibility index (Phi) is 1.77. The summed E-state index contributed by atoms with van der Waals surface area (Å²) in [4.78, 5) is 0. The summed E-state index contributed by atoms with van der Waals surface area (Å²) < 4.78 is 10.7. The fraction of sp³-hybridized carbons (Fsp3) is 0.400. The van der Waals surface area contributed by atoms with Gasteiger partial charge in [0.2, 0.25) is 0 Å². The van der Waals surface area contributed by atoms with E-state index in [4.69, 9.17) is 9.15 Å². The monoisotopic (exact) mass is 164 g/mol. The molecule has 2 nitrogen and oxygen atoms in total. The predicted molar refractivity (Wildman–Crippen MR) is 45.9 cm³/mol. The topological polar surface area (TPSA) is 22.4 Å². The third kappa shape index (κ3) is 1.18. The Bertz CT molecular complexity index is 299. The summed E-state index contributed by atoms with van der Waals surface area (Å²) in [5, 5.41) is 0. The highest BCUT2D eigenvalue weighted by molar-refractivity contribution is 5.22. The fourth-order valence-corrected chi connectivity index (χ4v) is 1.53. The second-order valence-corrected chi connectivity index (χ2v) is 3.19. The second kappa shape index (κ2) is 2.79. The van der Waals surface area contributed by atoms with Crippen molar-refractivity contribution in [3.8, 4) is 0 Å². The van der Waals surface area contributed by atoms with E-state index >= 15 is 0 Å². The lowest BCUT2D eigenvalue weighted by atomic mass is 10.1. The van der Waals surface area contributed by atoms with Gasteiger partial charge in [-0.2, -0.15) is 0 Å². The van der Waals surface area contributed by atoms with Gasteiger partial charge in [0.15, 0.2) is 0 Å². The first-order valence-corrected chi connectivity index (χ1v) is 4.09. The van der Waals surface area contributed by atoms with Crippen LogP contribution in [0.4, 0.5) is 0 Å². The molecule has 1 aromatic heterocycles. The van der Waals surface area contributed by atoms with Crippen molar-refractivity contribution in [3.05, 3.63) is 35.8 Å². The Morgan fingerprint density at radius 1 is 1.58 bits per heavy atom. The molecule has 1 aromatic rings. The molecule has 0 N–H and O–H groups in total. The van der Waals surface area contributed by atoms with Gasteiger partial charge in [0.1, 0.15) is 5.76 Å². The van der Waals surface area contributed by atoms with Crippen molar-refractivity contribution in [3.63, 3.8) is 0 Å². The van der Waals surface area contributed by atoms with Crippen LogP contribution in [0.3, 0.4) is 0 Å². The van der Waals surface area contributed by atoms with E-state index in [1.54, 1.807) is 6.26 Å². The molecule has 1 fully saturated rings. The van der Waals surface area contributed by atoms with E-state index in [2.05, 4.69) is 6.58 Å². The summed E-state index contributed by atoms with van der Waals surface area (Å²) in [5.74, 6) is 0.953.